The van der Waals surface area contributed by atoms with Crippen LogP contribution in [0.2, 0.25) is 0 Å². The SMILES string of the molecule is C#CC(OP(Cl)Cl)(C(F)(F)F)C(F)(F)F. The zero-order chi connectivity index (χ0) is 12.5. The molecule has 0 saturated carbocycles. The maximum atomic E-state index is 12.1. The zero-order valence-corrected chi connectivity index (χ0v) is 8.86. The summed E-state index contributed by atoms with van der Waals surface area (Å²) in [5.74, 6) is 0.502. The summed E-state index contributed by atoms with van der Waals surface area (Å²) in [4.78, 5) is 0. The van der Waals surface area contributed by atoms with Crippen LogP contribution in [0.4, 0.5) is 26.3 Å². The predicted octanol–water partition coefficient (Wildman–Crippen LogP) is 4.20. The summed E-state index contributed by atoms with van der Waals surface area (Å²) in [6.07, 6.45) is -7.51. The monoisotopic (exact) mass is 292 g/mol. The molecule has 0 spiro atoms. The summed E-state index contributed by atoms with van der Waals surface area (Å²) in [6.45, 7) is -2.96. The third kappa shape index (κ3) is 3.04. The Hall–Kier alpha value is 0.110. The van der Waals surface area contributed by atoms with Gasteiger partial charge in [-0.2, -0.15) is 26.3 Å². The lowest BCUT2D eigenvalue weighted by Gasteiger charge is -2.32. The van der Waals surface area contributed by atoms with Gasteiger partial charge >= 0.3 is 18.0 Å². The molecule has 0 N–H and O–H groups in total. The molecule has 0 amide bonds. The van der Waals surface area contributed by atoms with Crippen LogP contribution in [0, 0.1) is 12.3 Å². The topological polar surface area (TPSA) is 9.23 Å². The van der Waals surface area contributed by atoms with E-state index in [0.717, 1.165) is 0 Å². The van der Waals surface area contributed by atoms with E-state index in [0.29, 0.717) is 5.92 Å². The molecule has 15 heavy (non-hydrogen) atoms. The molecule has 0 aliphatic heterocycles. The van der Waals surface area contributed by atoms with E-state index in [4.69, 9.17) is 22.5 Å². The van der Waals surface area contributed by atoms with Crippen molar-refractivity contribution >= 4 is 29.3 Å². The summed E-state index contributed by atoms with van der Waals surface area (Å²) in [7, 11) is 0. The van der Waals surface area contributed by atoms with Crippen molar-refractivity contribution in [1.82, 2.24) is 0 Å². The average molecular weight is 293 g/mol. The lowest BCUT2D eigenvalue weighted by Crippen LogP contribution is -2.56. The molecular weight excluding hydrogens is 292 g/mol. The minimum absolute atomic E-state index is 0.502. The van der Waals surface area contributed by atoms with Crippen LogP contribution in [0.15, 0.2) is 0 Å². The molecule has 0 atom stereocenters. The van der Waals surface area contributed by atoms with Crippen LogP contribution in [0.1, 0.15) is 0 Å². The molecule has 0 unspecified atom stereocenters. The van der Waals surface area contributed by atoms with Gasteiger partial charge in [-0.3, -0.25) is 4.52 Å². The number of alkyl halides is 6. The van der Waals surface area contributed by atoms with E-state index >= 15 is 0 Å². The molecule has 0 aromatic heterocycles. The number of terminal acetylenes is 1. The molecule has 88 valence electrons. The van der Waals surface area contributed by atoms with Crippen LogP contribution in [-0.4, -0.2) is 18.0 Å². The number of hydrogen-bond donors (Lipinski definition) is 0. The number of hydrogen-bond acceptors (Lipinski definition) is 1. The molecule has 0 aliphatic carbocycles. The van der Waals surface area contributed by atoms with Gasteiger partial charge in [0.2, 0.25) is 6.85 Å². The fourth-order valence-corrected chi connectivity index (χ4v) is 1.65. The Morgan fingerprint density at radius 1 is 1.00 bits per heavy atom. The average Bonchev–Trinajstić information content (AvgIpc) is 1.94. The molecule has 1 nitrogen and oxygen atoms in total. The van der Waals surface area contributed by atoms with Crippen molar-refractivity contribution in [3.05, 3.63) is 0 Å². The fraction of sp³-hybridized carbons (Fsp3) is 0.600. The first-order valence-corrected chi connectivity index (χ1v) is 5.97. The Bertz CT molecular complexity index is 252. The summed E-state index contributed by atoms with van der Waals surface area (Å²) >= 11 is 9.53. The van der Waals surface area contributed by atoms with Crippen molar-refractivity contribution in [3.63, 3.8) is 0 Å². The molecule has 0 radical (unpaired) electrons. The largest absolute Gasteiger partial charge is 0.438 e. The molecule has 0 heterocycles. The molecular formula is C5HCl2F6OP. The van der Waals surface area contributed by atoms with E-state index in [1.165, 1.54) is 0 Å². The van der Waals surface area contributed by atoms with E-state index in [1.807, 2.05) is 0 Å². The highest BCUT2D eigenvalue weighted by molar-refractivity contribution is 8.00. The van der Waals surface area contributed by atoms with Gasteiger partial charge in [-0.05, 0) is 22.5 Å². The molecule has 0 aromatic rings. The zero-order valence-electron chi connectivity index (χ0n) is 6.46. The minimum Gasteiger partial charge on any atom is -0.294 e. The molecule has 0 saturated heterocycles. The van der Waals surface area contributed by atoms with Gasteiger partial charge in [0.05, 0.1) is 0 Å². The van der Waals surface area contributed by atoms with Gasteiger partial charge in [0, 0.05) is 0 Å². The molecule has 0 aromatic carbocycles. The van der Waals surface area contributed by atoms with Crippen LogP contribution in [-0.2, 0) is 4.52 Å². The van der Waals surface area contributed by atoms with Gasteiger partial charge in [0.25, 0.3) is 0 Å². The minimum atomic E-state index is -5.86. The lowest BCUT2D eigenvalue weighted by molar-refractivity contribution is -0.331. The quantitative estimate of drug-likeness (QED) is 0.421. The van der Waals surface area contributed by atoms with E-state index in [2.05, 4.69) is 10.9 Å². The number of rotatable bonds is 2. The summed E-state index contributed by atoms with van der Waals surface area (Å²) in [5, 5.41) is 0. The van der Waals surface area contributed by atoms with Crippen LogP contribution >= 0.6 is 29.3 Å². The van der Waals surface area contributed by atoms with E-state index in [-0.39, 0.29) is 0 Å². The summed E-state index contributed by atoms with van der Waals surface area (Å²) in [5.41, 5.74) is -4.77. The number of halogens is 8. The third-order valence-electron chi connectivity index (χ3n) is 1.21. The lowest BCUT2D eigenvalue weighted by atomic mass is 10.1. The normalized spacial score (nSPS) is 14.1. The van der Waals surface area contributed by atoms with E-state index in [9.17, 15) is 26.3 Å². The van der Waals surface area contributed by atoms with Crippen molar-refractivity contribution in [2.45, 2.75) is 18.0 Å². The summed E-state index contributed by atoms with van der Waals surface area (Å²) in [6, 6.07) is 0. The smallest absolute Gasteiger partial charge is 0.294 e. The van der Waals surface area contributed by atoms with Crippen LogP contribution < -0.4 is 0 Å². The maximum absolute atomic E-state index is 12.1. The van der Waals surface area contributed by atoms with Gasteiger partial charge in [-0.1, -0.05) is 5.92 Å². The first-order valence-electron chi connectivity index (χ1n) is 2.90. The van der Waals surface area contributed by atoms with E-state index < -0.39 is 24.8 Å². The van der Waals surface area contributed by atoms with Gasteiger partial charge in [-0.15, -0.1) is 6.42 Å². The molecule has 0 aliphatic rings. The van der Waals surface area contributed by atoms with Crippen LogP contribution in [0.25, 0.3) is 0 Å². The van der Waals surface area contributed by atoms with Crippen molar-refractivity contribution < 1.29 is 30.9 Å². The highest BCUT2D eigenvalue weighted by Gasteiger charge is 2.73. The van der Waals surface area contributed by atoms with Gasteiger partial charge in [-0.25, -0.2) is 0 Å². The Morgan fingerprint density at radius 3 is 1.40 bits per heavy atom. The standard InChI is InChI=1S/C5HCl2F6OP/c1-2-3(4(8,9)10,5(11,12)13)14-15(6)7/h1H. The highest BCUT2D eigenvalue weighted by atomic mass is 35.9. The van der Waals surface area contributed by atoms with E-state index in [1.54, 1.807) is 0 Å². The molecule has 10 heteroatoms. The third-order valence-corrected chi connectivity index (χ3v) is 2.03. The highest BCUT2D eigenvalue weighted by Crippen LogP contribution is 2.58. The summed E-state index contributed by atoms with van der Waals surface area (Å²) < 4.78 is 76.3. The van der Waals surface area contributed by atoms with Gasteiger partial charge in [0.15, 0.2) is 0 Å². The van der Waals surface area contributed by atoms with Crippen LogP contribution in [0.5, 0.6) is 0 Å². The predicted molar refractivity (Wildman–Crippen MR) is 43.4 cm³/mol. The molecule has 0 bridgehead atoms. The van der Waals surface area contributed by atoms with Crippen molar-refractivity contribution in [1.29, 1.82) is 0 Å². The Kier molecular flexibility index (Phi) is 4.57. The second kappa shape index (κ2) is 4.54. The maximum Gasteiger partial charge on any atom is 0.438 e. The molecule has 0 fully saturated rings. The Labute approximate surface area is 91.1 Å². The van der Waals surface area contributed by atoms with Crippen molar-refractivity contribution in [2.75, 3.05) is 0 Å². The van der Waals surface area contributed by atoms with Crippen LogP contribution in [0.3, 0.4) is 0 Å². The first-order chi connectivity index (χ1) is 6.48. The molecule has 0 rings (SSSR count). The fourth-order valence-electron chi connectivity index (χ4n) is 0.558. The van der Waals surface area contributed by atoms with Gasteiger partial charge in [0.1, 0.15) is 0 Å². The van der Waals surface area contributed by atoms with Gasteiger partial charge < -0.3 is 0 Å². The Balaban J connectivity index is 5.46. The Morgan fingerprint density at radius 2 is 1.33 bits per heavy atom. The van der Waals surface area contributed by atoms with Crippen molar-refractivity contribution in [2.24, 2.45) is 0 Å². The first kappa shape index (κ1) is 15.1. The second-order valence-electron chi connectivity index (χ2n) is 2.11. The van der Waals surface area contributed by atoms with Crippen molar-refractivity contribution in [3.8, 4) is 12.3 Å². The second-order valence-corrected chi connectivity index (χ2v) is 5.06.